The maximum atomic E-state index is 12.0. The number of nitrogen functional groups attached to an aromatic ring is 1. The number of methoxy groups -OCH3 is 1. The van der Waals surface area contributed by atoms with Crippen molar-refractivity contribution in [2.75, 3.05) is 18.2 Å². The van der Waals surface area contributed by atoms with E-state index < -0.39 is 0 Å². The average molecular weight is 246 g/mol. The van der Waals surface area contributed by atoms with Crippen LogP contribution in [0, 0.1) is 0 Å². The molecule has 18 heavy (non-hydrogen) atoms. The maximum absolute atomic E-state index is 12.0. The fraction of sp³-hybridized carbons (Fsp3) is 0.167. The van der Waals surface area contributed by atoms with Gasteiger partial charge in [-0.15, -0.1) is 0 Å². The van der Waals surface area contributed by atoms with Gasteiger partial charge in [-0.25, -0.2) is 0 Å². The first-order valence-corrected chi connectivity index (χ1v) is 5.33. The number of hydrogen-bond acceptors (Lipinski definition) is 4. The number of rotatable bonds is 3. The SMILES string of the molecule is COc1cc(N)ccc1C(=O)Nc1cnn(C)c1. The lowest BCUT2D eigenvalue weighted by Gasteiger charge is -2.08. The van der Waals surface area contributed by atoms with Gasteiger partial charge in [-0.05, 0) is 12.1 Å². The molecule has 2 rings (SSSR count). The van der Waals surface area contributed by atoms with Crippen molar-refractivity contribution in [3.8, 4) is 5.75 Å². The lowest BCUT2D eigenvalue weighted by Crippen LogP contribution is -2.13. The quantitative estimate of drug-likeness (QED) is 0.799. The second-order valence-electron chi connectivity index (χ2n) is 3.82. The molecule has 6 nitrogen and oxygen atoms in total. The average Bonchev–Trinajstić information content (AvgIpc) is 2.74. The lowest BCUT2D eigenvalue weighted by molar-refractivity contribution is 0.102. The molecule has 0 radical (unpaired) electrons. The molecule has 0 unspecified atom stereocenters. The molecule has 1 amide bonds. The van der Waals surface area contributed by atoms with Gasteiger partial charge < -0.3 is 15.8 Å². The molecule has 0 aliphatic rings. The number of benzene rings is 1. The van der Waals surface area contributed by atoms with Gasteiger partial charge in [0.25, 0.3) is 5.91 Å². The summed E-state index contributed by atoms with van der Waals surface area (Å²) in [4.78, 5) is 12.0. The summed E-state index contributed by atoms with van der Waals surface area (Å²) in [7, 11) is 3.27. The van der Waals surface area contributed by atoms with Gasteiger partial charge >= 0.3 is 0 Å². The minimum atomic E-state index is -0.264. The Hall–Kier alpha value is -2.50. The number of ether oxygens (including phenoxy) is 1. The van der Waals surface area contributed by atoms with Crippen LogP contribution in [0.4, 0.5) is 11.4 Å². The van der Waals surface area contributed by atoms with Crippen LogP contribution in [-0.4, -0.2) is 22.8 Å². The fourth-order valence-electron chi connectivity index (χ4n) is 1.58. The van der Waals surface area contributed by atoms with Gasteiger partial charge in [0.1, 0.15) is 5.75 Å². The summed E-state index contributed by atoms with van der Waals surface area (Å²) in [6.07, 6.45) is 3.28. The van der Waals surface area contributed by atoms with E-state index in [1.54, 1.807) is 42.3 Å². The van der Waals surface area contributed by atoms with E-state index >= 15 is 0 Å². The van der Waals surface area contributed by atoms with Crippen LogP contribution in [0.2, 0.25) is 0 Å². The molecule has 94 valence electrons. The molecule has 0 aliphatic carbocycles. The van der Waals surface area contributed by atoms with Crippen molar-refractivity contribution in [3.63, 3.8) is 0 Å². The largest absolute Gasteiger partial charge is 0.496 e. The predicted octanol–water partition coefficient (Wildman–Crippen LogP) is 1.26. The molecule has 2 aromatic rings. The first kappa shape index (κ1) is 12.0. The van der Waals surface area contributed by atoms with Crippen LogP contribution in [-0.2, 0) is 7.05 Å². The Bertz CT molecular complexity index is 577. The van der Waals surface area contributed by atoms with Crippen molar-refractivity contribution < 1.29 is 9.53 Å². The van der Waals surface area contributed by atoms with Crippen molar-refractivity contribution in [2.24, 2.45) is 7.05 Å². The van der Waals surface area contributed by atoms with Crippen LogP contribution in [0.3, 0.4) is 0 Å². The molecular formula is C12H14N4O2. The first-order valence-electron chi connectivity index (χ1n) is 5.33. The minimum Gasteiger partial charge on any atom is -0.496 e. The molecular weight excluding hydrogens is 232 g/mol. The van der Waals surface area contributed by atoms with Crippen molar-refractivity contribution in [3.05, 3.63) is 36.2 Å². The highest BCUT2D eigenvalue weighted by Gasteiger charge is 2.13. The zero-order valence-electron chi connectivity index (χ0n) is 10.2. The van der Waals surface area contributed by atoms with Gasteiger partial charge in [-0.1, -0.05) is 0 Å². The minimum absolute atomic E-state index is 0.264. The summed E-state index contributed by atoms with van der Waals surface area (Å²) in [5.74, 6) is 0.177. The van der Waals surface area contributed by atoms with Crippen LogP contribution in [0.5, 0.6) is 5.75 Å². The Balaban J connectivity index is 2.23. The third kappa shape index (κ3) is 2.42. The van der Waals surface area contributed by atoms with Crippen LogP contribution >= 0.6 is 0 Å². The normalized spacial score (nSPS) is 10.1. The number of carbonyl (C=O) groups excluding carboxylic acids is 1. The molecule has 3 N–H and O–H groups in total. The molecule has 1 heterocycles. The molecule has 1 aromatic carbocycles. The first-order chi connectivity index (χ1) is 8.60. The van der Waals surface area contributed by atoms with Crippen molar-refractivity contribution in [1.29, 1.82) is 0 Å². The Morgan fingerprint density at radius 1 is 1.50 bits per heavy atom. The van der Waals surface area contributed by atoms with E-state index in [-0.39, 0.29) is 5.91 Å². The Morgan fingerprint density at radius 2 is 2.28 bits per heavy atom. The lowest BCUT2D eigenvalue weighted by atomic mass is 10.1. The summed E-state index contributed by atoms with van der Waals surface area (Å²) in [6, 6.07) is 4.89. The van der Waals surface area contributed by atoms with E-state index in [4.69, 9.17) is 10.5 Å². The number of nitrogens with two attached hydrogens (primary N) is 1. The molecule has 0 atom stereocenters. The molecule has 0 fully saturated rings. The topological polar surface area (TPSA) is 82.2 Å². The molecule has 6 heteroatoms. The molecule has 0 saturated carbocycles. The number of carbonyl (C=O) groups is 1. The smallest absolute Gasteiger partial charge is 0.259 e. The highest BCUT2D eigenvalue weighted by atomic mass is 16.5. The van der Waals surface area contributed by atoms with E-state index in [2.05, 4.69) is 10.4 Å². The number of aromatic nitrogens is 2. The van der Waals surface area contributed by atoms with Crippen LogP contribution in [0.15, 0.2) is 30.6 Å². The van der Waals surface area contributed by atoms with Crippen molar-refractivity contribution in [2.45, 2.75) is 0 Å². The monoisotopic (exact) mass is 246 g/mol. The molecule has 0 bridgehead atoms. The maximum Gasteiger partial charge on any atom is 0.259 e. The highest BCUT2D eigenvalue weighted by molar-refractivity contribution is 6.06. The number of aryl methyl sites for hydroxylation is 1. The van der Waals surface area contributed by atoms with Crippen molar-refractivity contribution in [1.82, 2.24) is 9.78 Å². The Labute approximate surface area is 104 Å². The van der Waals surface area contributed by atoms with Gasteiger partial charge in [0.2, 0.25) is 0 Å². The second-order valence-corrected chi connectivity index (χ2v) is 3.82. The van der Waals surface area contributed by atoms with Gasteiger partial charge in [-0.2, -0.15) is 5.10 Å². The third-order valence-electron chi connectivity index (χ3n) is 2.43. The van der Waals surface area contributed by atoms with Gasteiger partial charge in [0.15, 0.2) is 0 Å². The van der Waals surface area contributed by atoms with E-state index in [0.717, 1.165) is 0 Å². The summed E-state index contributed by atoms with van der Waals surface area (Å²) < 4.78 is 6.74. The van der Waals surface area contributed by atoms with Crippen LogP contribution < -0.4 is 15.8 Å². The van der Waals surface area contributed by atoms with Gasteiger partial charge in [-0.3, -0.25) is 9.48 Å². The van der Waals surface area contributed by atoms with E-state index in [1.165, 1.54) is 7.11 Å². The summed E-state index contributed by atoms with van der Waals surface area (Å²) >= 11 is 0. The molecule has 1 aromatic heterocycles. The van der Waals surface area contributed by atoms with Crippen molar-refractivity contribution >= 4 is 17.3 Å². The fourth-order valence-corrected chi connectivity index (χ4v) is 1.58. The Morgan fingerprint density at radius 3 is 2.89 bits per heavy atom. The number of nitrogens with one attached hydrogen (secondary N) is 1. The molecule has 0 saturated heterocycles. The number of amides is 1. The van der Waals surface area contributed by atoms with E-state index in [1.807, 2.05) is 0 Å². The van der Waals surface area contributed by atoms with Crippen LogP contribution in [0.25, 0.3) is 0 Å². The summed E-state index contributed by atoms with van der Waals surface area (Å²) in [6.45, 7) is 0. The summed E-state index contributed by atoms with van der Waals surface area (Å²) in [5, 5.41) is 6.70. The number of hydrogen-bond donors (Lipinski definition) is 2. The molecule has 0 aliphatic heterocycles. The number of anilines is 2. The van der Waals surface area contributed by atoms with Gasteiger partial charge in [0, 0.05) is 25.0 Å². The van der Waals surface area contributed by atoms with Crippen LogP contribution in [0.1, 0.15) is 10.4 Å². The van der Waals surface area contributed by atoms with Gasteiger partial charge in [0.05, 0.1) is 24.6 Å². The predicted molar refractivity (Wildman–Crippen MR) is 68.6 cm³/mol. The zero-order chi connectivity index (χ0) is 13.1. The third-order valence-corrected chi connectivity index (χ3v) is 2.43. The highest BCUT2D eigenvalue weighted by Crippen LogP contribution is 2.22. The van der Waals surface area contributed by atoms with E-state index in [9.17, 15) is 4.79 Å². The number of nitrogens with zero attached hydrogens (tertiary/aromatic N) is 2. The standard InChI is InChI=1S/C12H14N4O2/c1-16-7-9(6-14-16)15-12(17)10-4-3-8(13)5-11(10)18-2/h3-7H,13H2,1-2H3,(H,15,17). The zero-order valence-corrected chi connectivity index (χ0v) is 10.2. The molecule has 0 spiro atoms. The second kappa shape index (κ2) is 4.79. The summed E-state index contributed by atoms with van der Waals surface area (Å²) in [5.41, 5.74) is 7.23. The Kier molecular flexibility index (Phi) is 3.18. The van der Waals surface area contributed by atoms with E-state index in [0.29, 0.717) is 22.7 Å².